The normalized spacial score (nSPS) is 14.1. The molecule has 0 aliphatic heterocycles. The van der Waals surface area contributed by atoms with Crippen LogP contribution < -0.4 is 5.32 Å². The Morgan fingerprint density at radius 2 is 1.74 bits per heavy atom. The van der Waals surface area contributed by atoms with E-state index in [2.05, 4.69) is 34.6 Å². The van der Waals surface area contributed by atoms with Crippen molar-refractivity contribution in [3.05, 3.63) is 65.5 Å². The quantitative estimate of drug-likeness (QED) is 0.906. The van der Waals surface area contributed by atoms with Crippen molar-refractivity contribution in [3.8, 4) is 0 Å². The topological polar surface area (TPSA) is 42.0 Å². The van der Waals surface area contributed by atoms with Crippen molar-refractivity contribution >= 4 is 5.91 Å². The highest BCUT2D eigenvalue weighted by Gasteiger charge is 2.22. The number of amides is 1. The largest absolute Gasteiger partial charge is 0.352 e. The fourth-order valence-corrected chi connectivity index (χ4v) is 2.63. The second-order valence-electron chi connectivity index (χ2n) is 4.97. The van der Waals surface area contributed by atoms with Gasteiger partial charge in [0.25, 0.3) is 0 Å². The van der Waals surface area contributed by atoms with Crippen LogP contribution in [0.15, 0.2) is 48.8 Å². The summed E-state index contributed by atoms with van der Waals surface area (Å²) in [5.74, 6) is 0.0870. The van der Waals surface area contributed by atoms with Crippen LogP contribution in [0.5, 0.6) is 0 Å². The van der Waals surface area contributed by atoms with E-state index in [0.29, 0.717) is 6.42 Å². The molecule has 3 nitrogen and oxygen atoms in total. The lowest BCUT2D eigenvalue weighted by Gasteiger charge is -2.11. The molecule has 0 spiro atoms. The maximum Gasteiger partial charge on any atom is 0.224 e. The number of carbonyl (C=O) groups is 1. The lowest BCUT2D eigenvalue weighted by Crippen LogP contribution is -2.36. The number of aromatic nitrogens is 1. The van der Waals surface area contributed by atoms with E-state index in [0.717, 1.165) is 18.4 Å². The third-order valence-electron chi connectivity index (χ3n) is 3.53. The minimum absolute atomic E-state index is 0.0870. The van der Waals surface area contributed by atoms with Crippen molar-refractivity contribution in [3.63, 3.8) is 0 Å². The third kappa shape index (κ3) is 2.81. The number of pyridine rings is 1. The second-order valence-corrected chi connectivity index (χ2v) is 4.97. The predicted octanol–water partition coefficient (Wildman–Crippen LogP) is 1.91. The van der Waals surface area contributed by atoms with E-state index in [1.54, 1.807) is 12.4 Å². The molecule has 1 amide bonds. The van der Waals surface area contributed by atoms with Crippen LogP contribution in [0.3, 0.4) is 0 Å². The van der Waals surface area contributed by atoms with Gasteiger partial charge in [-0.05, 0) is 41.7 Å². The molecule has 19 heavy (non-hydrogen) atoms. The molecule has 0 bridgehead atoms. The Labute approximate surface area is 112 Å². The first-order valence-electron chi connectivity index (χ1n) is 6.56. The lowest BCUT2D eigenvalue weighted by molar-refractivity contribution is -0.121. The molecular weight excluding hydrogens is 236 g/mol. The van der Waals surface area contributed by atoms with Crippen molar-refractivity contribution in [1.29, 1.82) is 0 Å². The van der Waals surface area contributed by atoms with Crippen molar-refractivity contribution in [2.75, 3.05) is 0 Å². The van der Waals surface area contributed by atoms with Gasteiger partial charge in [-0.25, -0.2) is 0 Å². The van der Waals surface area contributed by atoms with E-state index < -0.39 is 0 Å². The molecule has 1 aliphatic rings. The lowest BCUT2D eigenvalue weighted by atomic mass is 10.1. The van der Waals surface area contributed by atoms with Crippen molar-refractivity contribution < 1.29 is 4.79 Å². The van der Waals surface area contributed by atoms with Gasteiger partial charge in [0, 0.05) is 18.4 Å². The zero-order valence-electron chi connectivity index (χ0n) is 10.7. The number of nitrogens with zero attached hydrogens (tertiary/aromatic N) is 1. The summed E-state index contributed by atoms with van der Waals surface area (Å²) < 4.78 is 0. The second kappa shape index (κ2) is 5.22. The molecule has 1 aromatic heterocycles. The Balaban J connectivity index is 1.58. The van der Waals surface area contributed by atoms with Gasteiger partial charge < -0.3 is 5.32 Å². The summed E-state index contributed by atoms with van der Waals surface area (Å²) in [6.45, 7) is 0. The Morgan fingerprint density at radius 1 is 1.11 bits per heavy atom. The van der Waals surface area contributed by atoms with E-state index in [1.807, 2.05) is 12.1 Å². The molecular formula is C16H16N2O. The SMILES string of the molecule is O=C(Cc1ccncc1)NC1Cc2ccccc2C1. The van der Waals surface area contributed by atoms with Gasteiger partial charge in [-0.2, -0.15) is 0 Å². The standard InChI is InChI=1S/C16H16N2O/c19-16(9-12-5-7-17-8-6-12)18-15-10-13-3-1-2-4-14(13)11-15/h1-8,15H,9-11H2,(H,18,19). The highest BCUT2D eigenvalue weighted by atomic mass is 16.1. The summed E-state index contributed by atoms with van der Waals surface area (Å²) in [6, 6.07) is 12.4. The van der Waals surface area contributed by atoms with Crippen LogP contribution in [0.2, 0.25) is 0 Å². The first kappa shape index (κ1) is 11.9. The molecule has 2 aromatic rings. The Kier molecular flexibility index (Phi) is 3.27. The van der Waals surface area contributed by atoms with Gasteiger partial charge in [-0.15, -0.1) is 0 Å². The van der Waals surface area contributed by atoms with Gasteiger partial charge in [-0.3, -0.25) is 9.78 Å². The van der Waals surface area contributed by atoms with Crippen molar-refractivity contribution in [2.24, 2.45) is 0 Å². The fourth-order valence-electron chi connectivity index (χ4n) is 2.63. The molecule has 0 saturated heterocycles. The van der Waals surface area contributed by atoms with E-state index in [4.69, 9.17) is 0 Å². The molecule has 0 fully saturated rings. The van der Waals surface area contributed by atoms with Crippen LogP contribution in [-0.4, -0.2) is 16.9 Å². The molecule has 0 radical (unpaired) electrons. The third-order valence-corrected chi connectivity index (χ3v) is 3.53. The van der Waals surface area contributed by atoms with Crippen LogP contribution in [0.1, 0.15) is 16.7 Å². The molecule has 1 heterocycles. The summed E-state index contributed by atoms with van der Waals surface area (Å²) in [5, 5.41) is 3.11. The zero-order valence-corrected chi connectivity index (χ0v) is 10.7. The number of hydrogen-bond acceptors (Lipinski definition) is 2. The molecule has 1 aliphatic carbocycles. The van der Waals surface area contributed by atoms with Gasteiger partial charge >= 0.3 is 0 Å². The summed E-state index contributed by atoms with van der Waals surface area (Å²) in [6.07, 6.45) is 5.74. The number of rotatable bonds is 3. The Morgan fingerprint density at radius 3 is 2.37 bits per heavy atom. The maximum atomic E-state index is 12.0. The monoisotopic (exact) mass is 252 g/mol. The number of benzene rings is 1. The number of nitrogens with one attached hydrogen (secondary N) is 1. The minimum atomic E-state index is 0.0870. The molecule has 1 N–H and O–H groups in total. The maximum absolute atomic E-state index is 12.0. The molecule has 0 saturated carbocycles. The van der Waals surface area contributed by atoms with E-state index in [1.165, 1.54) is 11.1 Å². The number of fused-ring (bicyclic) bond motifs is 1. The number of hydrogen-bond donors (Lipinski definition) is 1. The van der Waals surface area contributed by atoms with E-state index in [9.17, 15) is 4.79 Å². The van der Waals surface area contributed by atoms with E-state index in [-0.39, 0.29) is 11.9 Å². The fraction of sp³-hybridized carbons (Fsp3) is 0.250. The van der Waals surface area contributed by atoms with E-state index >= 15 is 0 Å². The van der Waals surface area contributed by atoms with Crippen LogP contribution in [0, 0.1) is 0 Å². The molecule has 1 aromatic carbocycles. The van der Waals surface area contributed by atoms with Gasteiger partial charge in [-0.1, -0.05) is 24.3 Å². The van der Waals surface area contributed by atoms with Crippen LogP contribution >= 0.6 is 0 Å². The molecule has 3 rings (SSSR count). The minimum Gasteiger partial charge on any atom is -0.352 e. The Hall–Kier alpha value is -2.16. The summed E-state index contributed by atoms with van der Waals surface area (Å²) >= 11 is 0. The highest BCUT2D eigenvalue weighted by molar-refractivity contribution is 5.79. The number of carbonyl (C=O) groups excluding carboxylic acids is 1. The molecule has 0 atom stereocenters. The van der Waals surface area contributed by atoms with Crippen LogP contribution in [0.4, 0.5) is 0 Å². The zero-order chi connectivity index (χ0) is 13.1. The van der Waals surface area contributed by atoms with Crippen molar-refractivity contribution in [2.45, 2.75) is 25.3 Å². The van der Waals surface area contributed by atoms with Crippen molar-refractivity contribution in [1.82, 2.24) is 10.3 Å². The van der Waals surface area contributed by atoms with Gasteiger partial charge in [0.15, 0.2) is 0 Å². The average Bonchev–Trinajstić information content (AvgIpc) is 2.81. The van der Waals surface area contributed by atoms with Crippen LogP contribution in [0.25, 0.3) is 0 Å². The molecule has 96 valence electrons. The predicted molar refractivity (Wildman–Crippen MR) is 73.7 cm³/mol. The molecule has 3 heteroatoms. The highest BCUT2D eigenvalue weighted by Crippen LogP contribution is 2.21. The Bertz CT molecular complexity index is 555. The smallest absolute Gasteiger partial charge is 0.224 e. The summed E-state index contributed by atoms with van der Waals surface area (Å²) in [7, 11) is 0. The molecule has 0 unspecified atom stereocenters. The van der Waals surface area contributed by atoms with Gasteiger partial charge in [0.05, 0.1) is 6.42 Å². The first-order valence-corrected chi connectivity index (χ1v) is 6.56. The summed E-state index contributed by atoms with van der Waals surface area (Å²) in [5.41, 5.74) is 3.72. The van der Waals surface area contributed by atoms with Gasteiger partial charge in [0.2, 0.25) is 5.91 Å². The van der Waals surface area contributed by atoms with Gasteiger partial charge in [0.1, 0.15) is 0 Å². The van der Waals surface area contributed by atoms with Crippen LogP contribution in [-0.2, 0) is 24.1 Å². The first-order chi connectivity index (χ1) is 9.31. The average molecular weight is 252 g/mol. The summed E-state index contributed by atoms with van der Waals surface area (Å²) in [4.78, 5) is 15.9.